The van der Waals surface area contributed by atoms with Crippen molar-refractivity contribution in [2.75, 3.05) is 49.6 Å². The van der Waals surface area contributed by atoms with Crippen LogP contribution in [0.1, 0.15) is 11.1 Å². The summed E-state index contributed by atoms with van der Waals surface area (Å²) in [5.41, 5.74) is 2.19. The molecule has 0 radical (unpaired) electrons. The number of carbonyl (C=O) groups is 1. The monoisotopic (exact) mass is 573 g/mol. The van der Waals surface area contributed by atoms with Crippen molar-refractivity contribution in [1.29, 1.82) is 0 Å². The highest BCUT2D eigenvalue weighted by Crippen LogP contribution is 2.31. The molecule has 0 atom stereocenters. The summed E-state index contributed by atoms with van der Waals surface area (Å²) in [5, 5.41) is 2.66. The van der Waals surface area contributed by atoms with Crippen LogP contribution in [0.2, 0.25) is 0 Å². The van der Waals surface area contributed by atoms with Gasteiger partial charge in [-0.1, -0.05) is 35.9 Å². The molecular weight excluding hydrogens is 542 g/mol. The number of morpholine rings is 1. The maximum atomic E-state index is 13.6. The molecule has 1 aliphatic rings. The quantitative estimate of drug-likeness (QED) is 0.417. The second-order valence-corrected chi connectivity index (χ2v) is 12.8. The van der Waals surface area contributed by atoms with Crippen LogP contribution in [0.5, 0.6) is 5.75 Å². The summed E-state index contributed by atoms with van der Waals surface area (Å²) in [6.07, 6.45) is 0. The lowest BCUT2D eigenvalue weighted by Crippen LogP contribution is -2.40. The number of sulfonamides is 2. The summed E-state index contributed by atoms with van der Waals surface area (Å²) in [6, 6.07) is 17.4. The average Bonchev–Trinajstić information content (AvgIpc) is 2.93. The minimum Gasteiger partial charge on any atom is -0.495 e. The van der Waals surface area contributed by atoms with Gasteiger partial charge < -0.3 is 14.8 Å². The molecule has 12 heteroatoms. The Kier molecular flexibility index (Phi) is 8.60. The highest BCUT2D eigenvalue weighted by atomic mass is 32.2. The smallest absolute Gasteiger partial charge is 0.264 e. The van der Waals surface area contributed by atoms with Crippen molar-refractivity contribution in [1.82, 2.24) is 4.31 Å². The van der Waals surface area contributed by atoms with Gasteiger partial charge in [0.2, 0.25) is 15.9 Å². The maximum Gasteiger partial charge on any atom is 0.264 e. The number of hydrogen-bond donors (Lipinski definition) is 1. The van der Waals surface area contributed by atoms with Crippen LogP contribution in [0.15, 0.2) is 76.5 Å². The minimum absolute atomic E-state index is 0.0427. The van der Waals surface area contributed by atoms with E-state index in [-0.39, 0.29) is 47.5 Å². The van der Waals surface area contributed by atoms with E-state index in [4.69, 9.17) is 9.47 Å². The zero-order valence-corrected chi connectivity index (χ0v) is 23.6. The first-order valence-corrected chi connectivity index (χ1v) is 15.1. The molecule has 208 valence electrons. The highest BCUT2D eigenvalue weighted by molar-refractivity contribution is 7.92. The van der Waals surface area contributed by atoms with Crippen LogP contribution in [0.25, 0.3) is 0 Å². The van der Waals surface area contributed by atoms with Crippen LogP contribution in [0.4, 0.5) is 11.4 Å². The molecule has 0 bridgehead atoms. The van der Waals surface area contributed by atoms with E-state index < -0.39 is 32.5 Å². The van der Waals surface area contributed by atoms with Crippen molar-refractivity contribution in [2.24, 2.45) is 0 Å². The Bertz CT molecular complexity index is 1550. The number of nitrogens with one attached hydrogen (secondary N) is 1. The van der Waals surface area contributed by atoms with Crippen LogP contribution in [-0.2, 0) is 29.6 Å². The summed E-state index contributed by atoms with van der Waals surface area (Å²) in [6.45, 7) is 4.10. The number of ether oxygens (including phenoxy) is 2. The Morgan fingerprint density at radius 3 is 2.31 bits per heavy atom. The Morgan fingerprint density at radius 1 is 0.974 bits per heavy atom. The molecule has 4 rings (SSSR count). The lowest BCUT2D eigenvalue weighted by Gasteiger charge is -2.27. The number of rotatable bonds is 9. The third-order valence-electron chi connectivity index (χ3n) is 6.27. The van der Waals surface area contributed by atoms with Gasteiger partial charge >= 0.3 is 0 Å². The van der Waals surface area contributed by atoms with Gasteiger partial charge in [-0.3, -0.25) is 9.10 Å². The molecule has 1 heterocycles. The second-order valence-electron chi connectivity index (χ2n) is 9.04. The van der Waals surface area contributed by atoms with Gasteiger partial charge in [-0.15, -0.1) is 0 Å². The summed E-state index contributed by atoms with van der Waals surface area (Å²) in [4.78, 5) is 13.2. The van der Waals surface area contributed by atoms with Crippen LogP contribution < -0.4 is 14.4 Å². The number of anilines is 2. The third-order valence-corrected chi connectivity index (χ3v) is 9.97. The van der Waals surface area contributed by atoms with Gasteiger partial charge in [-0.2, -0.15) is 4.31 Å². The first-order chi connectivity index (χ1) is 18.5. The van der Waals surface area contributed by atoms with E-state index in [1.165, 1.54) is 41.7 Å². The molecule has 0 aromatic heterocycles. The maximum absolute atomic E-state index is 13.6. The van der Waals surface area contributed by atoms with E-state index in [1.807, 2.05) is 13.0 Å². The summed E-state index contributed by atoms with van der Waals surface area (Å²) < 4.78 is 66.8. The molecule has 1 fully saturated rings. The molecule has 0 unspecified atom stereocenters. The van der Waals surface area contributed by atoms with Gasteiger partial charge in [0.1, 0.15) is 17.2 Å². The van der Waals surface area contributed by atoms with Gasteiger partial charge in [-0.05, 0) is 55.8 Å². The Morgan fingerprint density at radius 2 is 1.67 bits per heavy atom. The van der Waals surface area contributed by atoms with Gasteiger partial charge in [0, 0.05) is 18.8 Å². The fourth-order valence-electron chi connectivity index (χ4n) is 4.32. The van der Waals surface area contributed by atoms with Crippen molar-refractivity contribution in [3.05, 3.63) is 77.9 Å². The first-order valence-electron chi connectivity index (χ1n) is 12.2. The zero-order valence-electron chi connectivity index (χ0n) is 22.0. The van der Waals surface area contributed by atoms with E-state index in [1.54, 1.807) is 37.3 Å². The Hall–Kier alpha value is -3.45. The molecule has 0 saturated carbocycles. The predicted molar refractivity (Wildman–Crippen MR) is 148 cm³/mol. The van der Waals surface area contributed by atoms with E-state index >= 15 is 0 Å². The number of nitrogens with zero attached hydrogens (tertiary/aromatic N) is 2. The van der Waals surface area contributed by atoms with Crippen LogP contribution in [0, 0.1) is 13.8 Å². The van der Waals surface area contributed by atoms with Gasteiger partial charge in [0.05, 0.1) is 30.9 Å². The van der Waals surface area contributed by atoms with Crippen LogP contribution >= 0.6 is 0 Å². The van der Waals surface area contributed by atoms with Crippen molar-refractivity contribution in [3.63, 3.8) is 0 Å². The summed E-state index contributed by atoms with van der Waals surface area (Å²) in [5.74, 6) is -0.516. The molecule has 3 aromatic carbocycles. The molecule has 10 nitrogen and oxygen atoms in total. The molecule has 1 aliphatic heterocycles. The number of carbonyl (C=O) groups excluding carboxylic acids is 1. The normalized spacial score (nSPS) is 14.5. The van der Waals surface area contributed by atoms with Gasteiger partial charge in [-0.25, -0.2) is 16.8 Å². The standard InChI is InChI=1S/C27H31N3O7S2/c1-20-9-11-24(21(2)17-20)30(38(32,33)23-7-5-4-6-8-23)19-27(31)28-22-10-12-25(36-3)26(18-22)39(34,35)29-13-15-37-16-14-29/h4-12,17-18H,13-16,19H2,1-3H3,(H,28,31). The fraction of sp³-hybridized carbons (Fsp3) is 0.296. The fourth-order valence-corrected chi connectivity index (χ4v) is 7.41. The van der Waals surface area contributed by atoms with E-state index in [2.05, 4.69) is 5.32 Å². The Labute approximate surface area is 229 Å². The lowest BCUT2D eigenvalue weighted by molar-refractivity contribution is -0.114. The molecule has 39 heavy (non-hydrogen) atoms. The van der Waals surface area contributed by atoms with E-state index in [0.29, 0.717) is 11.3 Å². The molecule has 0 aliphatic carbocycles. The molecular formula is C27H31N3O7S2. The number of amides is 1. The molecule has 1 N–H and O–H groups in total. The van der Waals surface area contributed by atoms with Crippen LogP contribution in [-0.4, -0.2) is 67.0 Å². The van der Waals surface area contributed by atoms with E-state index in [9.17, 15) is 21.6 Å². The van der Waals surface area contributed by atoms with E-state index in [0.717, 1.165) is 9.87 Å². The van der Waals surface area contributed by atoms with Gasteiger partial charge in [0.25, 0.3) is 10.0 Å². The minimum atomic E-state index is -4.10. The number of aryl methyl sites for hydroxylation is 2. The lowest BCUT2D eigenvalue weighted by atomic mass is 10.1. The predicted octanol–water partition coefficient (Wildman–Crippen LogP) is 3.17. The molecule has 3 aromatic rings. The molecule has 1 amide bonds. The number of methoxy groups -OCH3 is 1. The average molecular weight is 574 g/mol. The van der Waals surface area contributed by atoms with Crippen molar-refractivity contribution < 1.29 is 31.1 Å². The highest BCUT2D eigenvalue weighted by Gasteiger charge is 2.31. The van der Waals surface area contributed by atoms with Crippen molar-refractivity contribution in [3.8, 4) is 5.75 Å². The Balaban J connectivity index is 1.65. The number of hydrogen-bond acceptors (Lipinski definition) is 7. The first kappa shape index (κ1) is 28.6. The second kappa shape index (κ2) is 11.7. The topological polar surface area (TPSA) is 122 Å². The van der Waals surface area contributed by atoms with Gasteiger partial charge in [0.15, 0.2) is 0 Å². The largest absolute Gasteiger partial charge is 0.495 e. The summed E-state index contributed by atoms with van der Waals surface area (Å²) >= 11 is 0. The third kappa shape index (κ3) is 6.25. The van der Waals surface area contributed by atoms with Crippen LogP contribution in [0.3, 0.4) is 0 Å². The van der Waals surface area contributed by atoms with Crippen molar-refractivity contribution >= 4 is 37.3 Å². The SMILES string of the molecule is COc1ccc(NC(=O)CN(c2ccc(C)cc2C)S(=O)(=O)c2ccccc2)cc1S(=O)(=O)N1CCOCC1. The number of benzene rings is 3. The van der Waals surface area contributed by atoms with Crippen molar-refractivity contribution in [2.45, 2.75) is 23.6 Å². The zero-order chi connectivity index (χ0) is 28.2. The summed E-state index contributed by atoms with van der Waals surface area (Å²) in [7, 11) is -6.66. The molecule has 0 spiro atoms. The molecule has 1 saturated heterocycles.